The van der Waals surface area contributed by atoms with Crippen molar-refractivity contribution in [2.75, 3.05) is 26.0 Å². The summed E-state index contributed by atoms with van der Waals surface area (Å²) < 4.78 is 5.15. The van der Waals surface area contributed by atoms with Crippen LogP contribution in [0.15, 0.2) is 24.3 Å². The number of hydrogen-bond donors (Lipinski definition) is 1. The highest BCUT2D eigenvalue weighted by atomic mass is 32.2. The van der Waals surface area contributed by atoms with Gasteiger partial charge in [-0.15, -0.1) is 0 Å². The quantitative estimate of drug-likeness (QED) is 0.768. The Labute approximate surface area is 127 Å². The van der Waals surface area contributed by atoms with Crippen LogP contribution in [0.4, 0.5) is 0 Å². The van der Waals surface area contributed by atoms with Gasteiger partial charge in [-0.05, 0) is 42.2 Å². The third kappa shape index (κ3) is 3.78. The van der Waals surface area contributed by atoms with E-state index in [-0.39, 0.29) is 0 Å². The number of thioether (sulfide) groups is 1. The van der Waals surface area contributed by atoms with Gasteiger partial charge in [-0.2, -0.15) is 11.8 Å². The molecule has 0 fully saturated rings. The van der Waals surface area contributed by atoms with Crippen LogP contribution in [0.1, 0.15) is 49.8 Å². The summed E-state index contributed by atoms with van der Waals surface area (Å²) >= 11 is 2.11. The van der Waals surface area contributed by atoms with Gasteiger partial charge in [0, 0.05) is 25.0 Å². The van der Waals surface area contributed by atoms with E-state index in [1.807, 2.05) is 0 Å². The number of nitrogens with one attached hydrogen (secondary N) is 1. The maximum Gasteiger partial charge on any atom is 0.0470 e. The molecule has 0 heterocycles. The van der Waals surface area contributed by atoms with Crippen LogP contribution in [0.5, 0.6) is 0 Å². The van der Waals surface area contributed by atoms with Crippen molar-refractivity contribution in [2.45, 2.75) is 43.9 Å². The number of ether oxygens (including phenoxy) is 1. The zero-order valence-corrected chi connectivity index (χ0v) is 13.7. The second-order valence-electron chi connectivity index (χ2n) is 5.56. The molecule has 1 aliphatic rings. The van der Waals surface area contributed by atoms with E-state index in [1.54, 1.807) is 7.11 Å². The molecule has 2 rings (SSSR count). The minimum Gasteiger partial charge on any atom is -0.385 e. The number of hydrogen-bond acceptors (Lipinski definition) is 3. The fraction of sp³-hybridized carbons (Fsp3) is 0.647. The predicted octanol–water partition coefficient (Wildman–Crippen LogP) is 3.98. The molecule has 20 heavy (non-hydrogen) atoms. The Hall–Kier alpha value is -0.510. The molecule has 1 aromatic rings. The number of methoxy groups -OCH3 is 1. The van der Waals surface area contributed by atoms with Crippen molar-refractivity contribution in [1.29, 1.82) is 0 Å². The first kappa shape index (κ1) is 15.9. The van der Waals surface area contributed by atoms with E-state index in [0.717, 1.165) is 19.6 Å². The molecule has 0 saturated heterocycles. The smallest absolute Gasteiger partial charge is 0.0470 e. The van der Waals surface area contributed by atoms with Crippen molar-refractivity contribution in [1.82, 2.24) is 5.32 Å². The van der Waals surface area contributed by atoms with Crippen molar-refractivity contribution in [3.8, 4) is 0 Å². The van der Waals surface area contributed by atoms with Gasteiger partial charge >= 0.3 is 0 Å². The maximum atomic E-state index is 5.15. The van der Waals surface area contributed by atoms with Gasteiger partial charge in [0.05, 0.1) is 0 Å². The van der Waals surface area contributed by atoms with Gasteiger partial charge in [0.25, 0.3) is 0 Å². The molecular weight excluding hydrogens is 266 g/mol. The van der Waals surface area contributed by atoms with Gasteiger partial charge in [0.15, 0.2) is 0 Å². The van der Waals surface area contributed by atoms with Crippen LogP contribution in [-0.4, -0.2) is 31.3 Å². The minimum absolute atomic E-state index is 0.500. The third-order valence-electron chi connectivity index (χ3n) is 4.07. The highest BCUT2D eigenvalue weighted by Crippen LogP contribution is 2.42. The third-order valence-corrected chi connectivity index (χ3v) is 5.49. The first-order chi connectivity index (χ1) is 9.77. The van der Waals surface area contributed by atoms with Gasteiger partial charge in [0.2, 0.25) is 0 Å². The molecule has 0 bridgehead atoms. The molecule has 3 atom stereocenters. The summed E-state index contributed by atoms with van der Waals surface area (Å²) in [5, 5.41) is 4.38. The Morgan fingerprint density at radius 1 is 1.30 bits per heavy atom. The van der Waals surface area contributed by atoms with Crippen molar-refractivity contribution < 1.29 is 4.74 Å². The lowest BCUT2D eigenvalue weighted by molar-refractivity contribution is 0.200. The lowest BCUT2D eigenvalue weighted by Crippen LogP contribution is -2.35. The van der Waals surface area contributed by atoms with Gasteiger partial charge in [-0.25, -0.2) is 0 Å². The van der Waals surface area contributed by atoms with Crippen molar-refractivity contribution in [3.05, 3.63) is 35.4 Å². The summed E-state index contributed by atoms with van der Waals surface area (Å²) in [5.74, 6) is 1.86. The van der Waals surface area contributed by atoms with Crippen LogP contribution in [-0.2, 0) is 4.74 Å². The summed E-state index contributed by atoms with van der Waals surface area (Å²) in [4.78, 5) is 0. The Morgan fingerprint density at radius 2 is 2.05 bits per heavy atom. The molecule has 0 amide bonds. The van der Waals surface area contributed by atoms with Gasteiger partial charge in [0.1, 0.15) is 0 Å². The molecule has 0 saturated carbocycles. The summed E-state index contributed by atoms with van der Waals surface area (Å²) in [6.45, 7) is 6.47. The first-order valence-corrected chi connectivity index (χ1v) is 8.75. The minimum atomic E-state index is 0.500. The van der Waals surface area contributed by atoms with Crippen LogP contribution < -0.4 is 5.32 Å². The van der Waals surface area contributed by atoms with Crippen molar-refractivity contribution >= 4 is 11.8 Å². The molecule has 3 heteroatoms. The summed E-state index contributed by atoms with van der Waals surface area (Å²) in [7, 11) is 1.78. The van der Waals surface area contributed by atoms with Crippen molar-refractivity contribution in [3.63, 3.8) is 0 Å². The Morgan fingerprint density at radius 3 is 2.75 bits per heavy atom. The maximum absolute atomic E-state index is 5.15. The van der Waals surface area contributed by atoms with Gasteiger partial charge < -0.3 is 10.1 Å². The summed E-state index contributed by atoms with van der Waals surface area (Å²) in [5.41, 5.74) is 3.05. The van der Waals surface area contributed by atoms with Crippen LogP contribution in [0.3, 0.4) is 0 Å². The molecule has 0 radical (unpaired) electrons. The molecule has 112 valence electrons. The number of fused-ring (bicyclic) bond motifs is 1. The fourth-order valence-corrected chi connectivity index (χ4v) is 4.57. The van der Waals surface area contributed by atoms with E-state index >= 15 is 0 Å². The molecule has 2 nitrogen and oxygen atoms in total. The second kappa shape index (κ2) is 8.06. The molecule has 1 N–H and O–H groups in total. The van der Waals surface area contributed by atoms with Crippen LogP contribution in [0.2, 0.25) is 0 Å². The molecule has 0 spiro atoms. The fourth-order valence-electron chi connectivity index (χ4n) is 3.12. The Bertz CT molecular complexity index is 410. The van der Waals surface area contributed by atoms with Gasteiger partial charge in [-0.3, -0.25) is 0 Å². The Kier molecular flexibility index (Phi) is 6.40. The molecule has 1 aliphatic carbocycles. The summed E-state index contributed by atoms with van der Waals surface area (Å²) in [6.07, 6.45) is 2.42. The van der Waals surface area contributed by atoms with Crippen molar-refractivity contribution in [2.24, 2.45) is 0 Å². The molecular formula is C17H27NOS. The zero-order chi connectivity index (χ0) is 14.4. The Balaban J connectivity index is 2.08. The number of benzene rings is 1. The average Bonchev–Trinajstić information content (AvgIpc) is 2.47. The second-order valence-corrected chi connectivity index (χ2v) is 6.90. The lowest BCUT2D eigenvalue weighted by atomic mass is 9.80. The van der Waals surface area contributed by atoms with E-state index in [0.29, 0.717) is 17.2 Å². The van der Waals surface area contributed by atoms with E-state index < -0.39 is 0 Å². The molecule has 0 aliphatic heterocycles. The van der Waals surface area contributed by atoms with Crippen LogP contribution in [0, 0.1) is 0 Å². The van der Waals surface area contributed by atoms with E-state index in [2.05, 4.69) is 55.2 Å². The average molecular weight is 293 g/mol. The normalized spacial score (nSPS) is 25.4. The molecule has 0 aromatic heterocycles. The summed E-state index contributed by atoms with van der Waals surface area (Å²) in [6, 6.07) is 9.45. The number of rotatable bonds is 7. The van der Waals surface area contributed by atoms with Gasteiger partial charge in [-0.1, -0.05) is 38.1 Å². The van der Waals surface area contributed by atoms with Crippen LogP contribution >= 0.6 is 11.8 Å². The highest BCUT2D eigenvalue weighted by Gasteiger charge is 2.32. The monoisotopic (exact) mass is 293 g/mol. The predicted molar refractivity (Wildman–Crippen MR) is 88.6 cm³/mol. The largest absolute Gasteiger partial charge is 0.385 e. The molecule has 1 aromatic carbocycles. The lowest BCUT2D eigenvalue weighted by Gasteiger charge is -2.37. The van der Waals surface area contributed by atoms with E-state index in [9.17, 15) is 0 Å². The standard InChI is InChI=1S/C17H27NOS/c1-4-18-17-15-9-6-5-8-14(15)13(2)12-16(17)20-11-7-10-19-3/h5-6,8-9,13,16-18H,4,7,10-12H2,1-3H3. The highest BCUT2D eigenvalue weighted by molar-refractivity contribution is 7.99. The van der Waals surface area contributed by atoms with E-state index in [1.165, 1.54) is 23.3 Å². The zero-order valence-electron chi connectivity index (χ0n) is 12.9. The topological polar surface area (TPSA) is 21.3 Å². The van der Waals surface area contributed by atoms with E-state index in [4.69, 9.17) is 4.74 Å². The molecule has 3 unspecified atom stereocenters. The van der Waals surface area contributed by atoms with Crippen LogP contribution in [0.25, 0.3) is 0 Å². The SMILES string of the molecule is CCNC1c2ccccc2C(C)CC1SCCCOC. The first-order valence-electron chi connectivity index (χ1n) is 7.70.